The minimum atomic E-state index is -0.996. The summed E-state index contributed by atoms with van der Waals surface area (Å²) in [6, 6.07) is 9.73. The predicted molar refractivity (Wildman–Crippen MR) is 91.3 cm³/mol. The third kappa shape index (κ3) is 3.88. The fraction of sp³-hybridized carbons (Fsp3) is 0.267. The van der Waals surface area contributed by atoms with Crippen LogP contribution in [0.4, 0.5) is 0 Å². The van der Waals surface area contributed by atoms with Crippen molar-refractivity contribution in [2.75, 3.05) is 12.5 Å². The molecule has 0 aliphatic heterocycles. The molecule has 1 atom stereocenters. The molecular formula is C15H17NOS3. The van der Waals surface area contributed by atoms with Crippen LogP contribution in [0.15, 0.2) is 52.2 Å². The van der Waals surface area contributed by atoms with E-state index in [-0.39, 0.29) is 0 Å². The number of pyridine rings is 1. The van der Waals surface area contributed by atoms with Gasteiger partial charge in [0, 0.05) is 27.4 Å². The molecule has 0 fully saturated rings. The summed E-state index contributed by atoms with van der Waals surface area (Å²) in [5.74, 6) is 0. The van der Waals surface area contributed by atoms with E-state index in [0.29, 0.717) is 6.42 Å². The number of hydrogen-bond acceptors (Lipinski definition) is 5. The van der Waals surface area contributed by atoms with Crippen molar-refractivity contribution in [3.8, 4) is 0 Å². The summed E-state index contributed by atoms with van der Waals surface area (Å²) in [6.45, 7) is 0. The summed E-state index contributed by atoms with van der Waals surface area (Å²) in [6.07, 6.45) is 8.25. The molecule has 0 bridgehead atoms. The summed E-state index contributed by atoms with van der Waals surface area (Å²) in [7, 11) is 0. The fourth-order valence-electron chi connectivity index (χ4n) is 1.91. The van der Waals surface area contributed by atoms with Gasteiger partial charge in [-0.15, -0.1) is 34.9 Å². The van der Waals surface area contributed by atoms with Gasteiger partial charge in [-0.3, -0.25) is 4.98 Å². The van der Waals surface area contributed by atoms with E-state index < -0.39 is 5.60 Å². The van der Waals surface area contributed by atoms with Gasteiger partial charge in [-0.1, -0.05) is 12.1 Å². The average Bonchev–Trinajstić information content (AvgIpc) is 3.01. The van der Waals surface area contributed by atoms with Gasteiger partial charge in [-0.25, -0.2) is 0 Å². The average molecular weight is 324 g/mol. The van der Waals surface area contributed by atoms with Crippen molar-refractivity contribution in [2.45, 2.75) is 12.0 Å². The molecule has 0 aliphatic rings. The van der Waals surface area contributed by atoms with Crippen LogP contribution in [0.25, 0.3) is 0 Å². The molecule has 0 aliphatic carbocycles. The van der Waals surface area contributed by atoms with Gasteiger partial charge in [0.15, 0.2) is 0 Å². The Labute approximate surface area is 132 Å². The zero-order valence-corrected chi connectivity index (χ0v) is 13.9. The van der Waals surface area contributed by atoms with Crippen LogP contribution in [0.5, 0.6) is 0 Å². The standard InChI is InChI=1S/C15H17NOS3/c1-18-14(19-2)11-15(17,13-7-5-9-20-13)10-12-6-3-4-8-16-12/h3-9,11,17H,10H2,1-2H3. The van der Waals surface area contributed by atoms with E-state index >= 15 is 0 Å². The maximum atomic E-state index is 11.1. The Bertz CT molecular complexity index is 548. The fourth-order valence-corrected chi connectivity index (χ4v) is 4.00. The third-order valence-corrected chi connectivity index (χ3v) is 5.96. The van der Waals surface area contributed by atoms with Crippen LogP contribution < -0.4 is 0 Å². The molecule has 106 valence electrons. The van der Waals surface area contributed by atoms with Crippen molar-refractivity contribution in [1.29, 1.82) is 0 Å². The molecule has 0 saturated carbocycles. The molecule has 2 heterocycles. The number of thioether (sulfide) groups is 2. The Morgan fingerprint density at radius 3 is 2.65 bits per heavy atom. The number of hydrogen-bond donors (Lipinski definition) is 1. The van der Waals surface area contributed by atoms with E-state index in [1.54, 1.807) is 41.1 Å². The van der Waals surface area contributed by atoms with Gasteiger partial charge in [0.05, 0.1) is 0 Å². The van der Waals surface area contributed by atoms with Gasteiger partial charge in [0.25, 0.3) is 0 Å². The second kappa shape index (κ2) is 7.31. The lowest BCUT2D eigenvalue weighted by molar-refractivity contribution is 0.0927. The summed E-state index contributed by atoms with van der Waals surface area (Å²) in [4.78, 5) is 5.28. The molecule has 2 aromatic rings. The topological polar surface area (TPSA) is 33.1 Å². The van der Waals surface area contributed by atoms with Gasteiger partial charge in [-0.2, -0.15) is 0 Å². The maximum Gasteiger partial charge on any atom is 0.124 e. The first kappa shape index (κ1) is 15.6. The summed E-state index contributed by atoms with van der Waals surface area (Å²) in [5, 5.41) is 13.1. The van der Waals surface area contributed by atoms with E-state index in [1.807, 2.05) is 54.3 Å². The Morgan fingerprint density at radius 2 is 2.10 bits per heavy atom. The van der Waals surface area contributed by atoms with Crippen LogP contribution >= 0.6 is 34.9 Å². The second-order valence-corrected chi connectivity index (χ2v) is 7.17. The second-order valence-electron chi connectivity index (χ2n) is 4.27. The van der Waals surface area contributed by atoms with Gasteiger partial charge < -0.3 is 5.11 Å². The van der Waals surface area contributed by atoms with Crippen LogP contribution in [0.1, 0.15) is 10.6 Å². The Kier molecular flexibility index (Phi) is 5.72. The van der Waals surface area contributed by atoms with Crippen LogP contribution in [-0.4, -0.2) is 22.6 Å². The zero-order valence-electron chi connectivity index (χ0n) is 11.4. The zero-order chi connectivity index (χ0) is 14.4. The van der Waals surface area contributed by atoms with E-state index in [2.05, 4.69) is 4.98 Å². The quantitative estimate of drug-likeness (QED) is 0.866. The van der Waals surface area contributed by atoms with Crippen molar-refractivity contribution < 1.29 is 5.11 Å². The highest BCUT2D eigenvalue weighted by Crippen LogP contribution is 2.35. The Hall–Kier alpha value is -0.750. The van der Waals surface area contributed by atoms with Gasteiger partial charge in [-0.05, 0) is 42.2 Å². The molecule has 1 unspecified atom stereocenters. The highest BCUT2D eigenvalue weighted by atomic mass is 32.2. The van der Waals surface area contributed by atoms with Crippen molar-refractivity contribution in [1.82, 2.24) is 4.98 Å². The highest BCUT2D eigenvalue weighted by molar-refractivity contribution is 8.21. The van der Waals surface area contributed by atoms with Crippen molar-refractivity contribution in [3.63, 3.8) is 0 Å². The first-order valence-corrected chi connectivity index (χ1v) is 9.48. The van der Waals surface area contributed by atoms with E-state index in [9.17, 15) is 5.11 Å². The summed E-state index contributed by atoms with van der Waals surface area (Å²) in [5.41, 5.74) is -0.106. The molecular weight excluding hydrogens is 306 g/mol. The first-order valence-electron chi connectivity index (χ1n) is 6.15. The largest absolute Gasteiger partial charge is 0.380 e. The third-order valence-electron chi connectivity index (χ3n) is 2.88. The van der Waals surface area contributed by atoms with Crippen molar-refractivity contribution in [2.24, 2.45) is 0 Å². The smallest absolute Gasteiger partial charge is 0.124 e. The van der Waals surface area contributed by atoms with Crippen molar-refractivity contribution >= 4 is 34.9 Å². The lowest BCUT2D eigenvalue weighted by Crippen LogP contribution is -2.25. The number of aliphatic hydroxyl groups is 1. The molecule has 2 nitrogen and oxygen atoms in total. The Balaban J connectivity index is 2.37. The molecule has 2 aromatic heterocycles. The van der Waals surface area contributed by atoms with E-state index in [1.165, 1.54) is 0 Å². The number of thiophene rings is 1. The Morgan fingerprint density at radius 1 is 1.30 bits per heavy atom. The SMILES string of the molecule is CSC(=CC(O)(Cc1ccccn1)c1cccs1)SC. The lowest BCUT2D eigenvalue weighted by atomic mass is 9.95. The van der Waals surface area contributed by atoms with Crippen molar-refractivity contribution in [3.05, 3.63) is 62.8 Å². The lowest BCUT2D eigenvalue weighted by Gasteiger charge is -2.24. The van der Waals surface area contributed by atoms with Crippen LogP contribution in [-0.2, 0) is 12.0 Å². The summed E-state index contributed by atoms with van der Waals surface area (Å²) >= 11 is 4.88. The molecule has 1 N–H and O–H groups in total. The molecule has 2 rings (SSSR count). The molecule has 0 spiro atoms. The highest BCUT2D eigenvalue weighted by Gasteiger charge is 2.29. The minimum Gasteiger partial charge on any atom is -0.380 e. The van der Waals surface area contributed by atoms with E-state index in [0.717, 1.165) is 14.8 Å². The number of nitrogens with zero attached hydrogens (tertiary/aromatic N) is 1. The summed E-state index contributed by atoms with van der Waals surface area (Å²) < 4.78 is 1.11. The molecule has 0 radical (unpaired) electrons. The van der Waals surface area contributed by atoms with E-state index in [4.69, 9.17) is 0 Å². The van der Waals surface area contributed by atoms with Crippen LogP contribution in [0, 0.1) is 0 Å². The van der Waals surface area contributed by atoms with Crippen LogP contribution in [0.3, 0.4) is 0 Å². The molecule has 0 saturated heterocycles. The molecule has 0 amide bonds. The predicted octanol–water partition coefficient (Wildman–Crippen LogP) is 4.14. The van der Waals surface area contributed by atoms with Gasteiger partial charge in [0.2, 0.25) is 0 Å². The normalized spacial score (nSPS) is 13.8. The monoisotopic (exact) mass is 323 g/mol. The van der Waals surface area contributed by atoms with Gasteiger partial charge in [0.1, 0.15) is 5.60 Å². The number of aromatic nitrogens is 1. The van der Waals surface area contributed by atoms with Gasteiger partial charge >= 0.3 is 0 Å². The number of rotatable bonds is 6. The minimum absolute atomic E-state index is 0.485. The molecule has 0 aromatic carbocycles. The first-order chi connectivity index (χ1) is 9.68. The molecule has 20 heavy (non-hydrogen) atoms. The maximum absolute atomic E-state index is 11.1. The molecule has 5 heteroatoms. The van der Waals surface area contributed by atoms with Crippen LogP contribution in [0.2, 0.25) is 0 Å².